The number of rotatable bonds is 7. The van der Waals surface area contributed by atoms with Crippen molar-refractivity contribution >= 4 is 11.8 Å². The molecule has 3 rings (SSSR count). The van der Waals surface area contributed by atoms with Gasteiger partial charge < -0.3 is 10.2 Å². The van der Waals surface area contributed by atoms with Crippen molar-refractivity contribution in [3.63, 3.8) is 0 Å². The zero-order valence-corrected chi connectivity index (χ0v) is 15.4. The second-order valence-corrected chi connectivity index (χ2v) is 7.26. The Labute approximate surface area is 155 Å². The van der Waals surface area contributed by atoms with Crippen LogP contribution in [-0.4, -0.2) is 29.3 Å². The topological polar surface area (TPSA) is 49.4 Å². The van der Waals surface area contributed by atoms with E-state index in [-0.39, 0.29) is 11.8 Å². The number of carbonyl (C=O) groups is 2. The largest absolute Gasteiger partial charge is 0.354 e. The van der Waals surface area contributed by atoms with Crippen LogP contribution in [0.5, 0.6) is 0 Å². The average molecular weight is 350 g/mol. The van der Waals surface area contributed by atoms with Crippen LogP contribution in [0.3, 0.4) is 0 Å². The van der Waals surface area contributed by atoms with Crippen molar-refractivity contribution in [1.82, 2.24) is 10.2 Å². The van der Waals surface area contributed by atoms with Crippen LogP contribution >= 0.6 is 0 Å². The molecule has 0 aliphatic carbocycles. The van der Waals surface area contributed by atoms with Crippen molar-refractivity contribution in [3.05, 3.63) is 71.3 Å². The van der Waals surface area contributed by atoms with E-state index in [9.17, 15) is 9.59 Å². The minimum Gasteiger partial charge on any atom is -0.354 e. The summed E-state index contributed by atoms with van der Waals surface area (Å²) in [5.74, 6) is 0.233. The first-order valence-electron chi connectivity index (χ1n) is 9.26. The fourth-order valence-electron chi connectivity index (χ4n) is 3.44. The Morgan fingerprint density at radius 2 is 1.77 bits per heavy atom. The summed E-state index contributed by atoms with van der Waals surface area (Å²) in [5, 5.41) is 3.03. The van der Waals surface area contributed by atoms with Crippen LogP contribution in [0, 0.1) is 5.92 Å². The molecule has 1 N–H and O–H groups in total. The maximum atomic E-state index is 12.8. The van der Waals surface area contributed by atoms with Crippen LogP contribution in [0.25, 0.3) is 0 Å². The maximum absolute atomic E-state index is 12.8. The number of nitrogens with zero attached hydrogens (tertiary/aromatic N) is 1. The lowest BCUT2D eigenvalue weighted by atomic mass is 10.0. The zero-order valence-electron chi connectivity index (χ0n) is 15.4. The molecular weight excluding hydrogens is 324 g/mol. The third-order valence-corrected chi connectivity index (χ3v) is 4.78. The third-order valence-electron chi connectivity index (χ3n) is 4.78. The van der Waals surface area contributed by atoms with E-state index in [0.717, 1.165) is 17.5 Å². The van der Waals surface area contributed by atoms with Crippen LogP contribution in [0.1, 0.15) is 41.8 Å². The summed E-state index contributed by atoms with van der Waals surface area (Å²) in [5.41, 5.74) is 2.92. The molecule has 1 aliphatic heterocycles. The van der Waals surface area contributed by atoms with Gasteiger partial charge in [-0.05, 0) is 36.0 Å². The molecule has 0 bridgehead atoms. The number of carbonyl (C=O) groups excluding carboxylic acids is 2. The van der Waals surface area contributed by atoms with Crippen molar-refractivity contribution in [1.29, 1.82) is 0 Å². The maximum Gasteiger partial charge on any atom is 0.255 e. The fourth-order valence-corrected chi connectivity index (χ4v) is 3.44. The predicted molar refractivity (Wildman–Crippen MR) is 103 cm³/mol. The first-order chi connectivity index (χ1) is 12.6. The molecule has 0 unspecified atom stereocenters. The molecule has 4 heteroatoms. The molecule has 0 spiro atoms. The summed E-state index contributed by atoms with van der Waals surface area (Å²) >= 11 is 0. The van der Waals surface area contributed by atoms with Crippen LogP contribution in [0.15, 0.2) is 54.6 Å². The molecule has 1 aliphatic rings. The Balaban J connectivity index is 1.66. The molecule has 0 fully saturated rings. The van der Waals surface area contributed by atoms with E-state index in [1.165, 1.54) is 5.56 Å². The van der Waals surface area contributed by atoms with Crippen LogP contribution in [0.2, 0.25) is 0 Å². The molecule has 0 radical (unpaired) electrons. The molecule has 0 saturated heterocycles. The average Bonchev–Trinajstić information content (AvgIpc) is 2.97. The summed E-state index contributed by atoms with van der Waals surface area (Å²) in [6.07, 6.45) is 1.45. The van der Waals surface area contributed by atoms with Crippen molar-refractivity contribution in [2.75, 3.05) is 6.54 Å². The Kier molecular flexibility index (Phi) is 5.71. The summed E-state index contributed by atoms with van der Waals surface area (Å²) in [6.45, 7) is 5.25. The highest BCUT2D eigenvalue weighted by molar-refractivity contribution is 6.01. The molecule has 2 aromatic rings. The molecule has 2 amide bonds. The summed E-state index contributed by atoms with van der Waals surface area (Å²) in [6, 6.07) is 17.3. The Morgan fingerprint density at radius 1 is 1.08 bits per heavy atom. The lowest BCUT2D eigenvalue weighted by Crippen LogP contribution is -2.48. The Bertz CT molecular complexity index is 771. The van der Waals surface area contributed by atoms with Gasteiger partial charge in [-0.1, -0.05) is 62.4 Å². The van der Waals surface area contributed by atoms with Crippen LogP contribution in [0.4, 0.5) is 0 Å². The van der Waals surface area contributed by atoms with Crippen molar-refractivity contribution in [2.45, 2.75) is 39.3 Å². The van der Waals surface area contributed by atoms with Gasteiger partial charge in [0.15, 0.2) is 0 Å². The van der Waals surface area contributed by atoms with E-state index in [0.29, 0.717) is 25.4 Å². The second-order valence-electron chi connectivity index (χ2n) is 7.26. The van der Waals surface area contributed by atoms with Crippen molar-refractivity contribution in [3.8, 4) is 0 Å². The highest BCUT2D eigenvalue weighted by atomic mass is 16.2. The number of amides is 2. The van der Waals surface area contributed by atoms with Crippen molar-refractivity contribution in [2.24, 2.45) is 5.92 Å². The van der Waals surface area contributed by atoms with Gasteiger partial charge >= 0.3 is 0 Å². The molecule has 0 saturated carbocycles. The molecular formula is C22H26N2O2. The van der Waals surface area contributed by atoms with Gasteiger partial charge in [0.05, 0.1) is 0 Å². The number of hydrogen-bond acceptors (Lipinski definition) is 2. The molecule has 1 heterocycles. The monoisotopic (exact) mass is 350 g/mol. The second kappa shape index (κ2) is 8.17. The quantitative estimate of drug-likeness (QED) is 0.832. The predicted octanol–water partition coefficient (Wildman–Crippen LogP) is 3.42. The first kappa shape index (κ1) is 18.2. The fraction of sp³-hybridized carbons (Fsp3) is 0.364. The van der Waals surface area contributed by atoms with Gasteiger partial charge in [-0.2, -0.15) is 0 Å². The molecule has 2 aromatic carbocycles. The summed E-state index contributed by atoms with van der Waals surface area (Å²) < 4.78 is 0. The van der Waals surface area contributed by atoms with Gasteiger partial charge in [0.2, 0.25) is 5.91 Å². The Hall–Kier alpha value is -2.62. The lowest BCUT2D eigenvalue weighted by Gasteiger charge is -2.28. The van der Waals surface area contributed by atoms with E-state index in [4.69, 9.17) is 0 Å². The summed E-state index contributed by atoms with van der Waals surface area (Å²) in [4.78, 5) is 27.3. The summed E-state index contributed by atoms with van der Waals surface area (Å²) in [7, 11) is 0. The van der Waals surface area contributed by atoms with E-state index in [2.05, 4.69) is 31.3 Å². The number of hydrogen-bond donors (Lipinski definition) is 1. The van der Waals surface area contributed by atoms with Gasteiger partial charge in [-0.3, -0.25) is 9.59 Å². The van der Waals surface area contributed by atoms with Gasteiger partial charge in [-0.25, -0.2) is 0 Å². The molecule has 4 nitrogen and oxygen atoms in total. The van der Waals surface area contributed by atoms with E-state index >= 15 is 0 Å². The van der Waals surface area contributed by atoms with Gasteiger partial charge in [-0.15, -0.1) is 0 Å². The highest BCUT2D eigenvalue weighted by Crippen LogP contribution is 2.26. The first-order valence-corrected chi connectivity index (χ1v) is 9.26. The normalized spacial score (nSPS) is 14.4. The number of benzene rings is 2. The highest BCUT2D eigenvalue weighted by Gasteiger charge is 2.36. The minimum atomic E-state index is -0.425. The SMILES string of the molecule is CC(C)C[C@@H](C(=O)NCCc1ccccc1)N1Cc2ccccc2C1=O. The molecule has 1 atom stereocenters. The van der Waals surface area contributed by atoms with Gasteiger partial charge in [0, 0.05) is 18.7 Å². The Morgan fingerprint density at radius 3 is 2.46 bits per heavy atom. The number of nitrogens with one attached hydrogen (secondary N) is 1. The minimum absolute atomic E-state index is 0.0375. The van der Waals surface area contributed by atoms with E-state index in [1.807, 2.05) is 42.5 Å². The third kappa shape index (κ3) is 4.13. The van der Waals surface area contributed by atoms with Crippen LogP contribution in [-0.2, 0) is 17.8 Å². The standard InChI is InChI=1S/C22H26N2O2/c1-16(2)14-20(21(25)23-13-12-17-8-4-3-5-9-17)24-15-18-10-6-7-11-19(18)22(24)26/h3-11,16,20H,12-15H2,1-2H3,(H,23,25)/t20-/m0/s1. The smallest absolute Gasteiger partial charge is 0.255 e. The van der Waals surface area contributed by atoms with E-state index < -0.39 is 6.04 Å². The zero-order chi connectivity index (χ0) is 18.5. The number of fused-ring (bicyclic) bond motifs is 1. The van der Waals surface area contributed by atoms with Gasteiger partial charge in [0.25, 0.3) is 5.91 Å². The van der Waals surface area contributed by atoms with Crippen LogP contribution < -0.4 is 5.32 Å². The molecule has 0 aromatic heterocycles. The lowest BCUT2D eigenvalue weighted by molar-refractivity contribution is -0.126. The molecule has 26 heavy (non-hydrogen) atoms. The van der Waals surface area contributed by atoms with Crippen molar-refractivity contribution < 1.29 is 9.59 Å². The van der Waals surface area contributed by atoms with E-state index in [1.54, 1.807) is 4.90 Å². The van der Waals surface area contributed by atoms with Gasteiger partial charge in [0.1, 0.15) is 6.04 Å². The molecule has 136 valence electrons.